The molecule has 0 unspecified atom stereocenters. The van der Waals surface area contributed by atoms with E-state index in [2.05, 4.69) is 15.6 Å². The fourth-order valence-electron chi connectivity index (χ4n) is 3.61. The first-order valence-electron chi connectivity index (χ1n) is 9.72. The summed E-state index contributed by atoms with van der Waals surface area (Å²) in [5.74, 6) is 1.01. The maximum atomic E-state index is 12.5. The third-order valence-corrected chi connectivity index (χ3v) is 5.04. The second-order valence-electron chi connectivity index (χ2n) is 7.03. The third kappa shape index (κ3) is 4.76. The van der Waals surface area contributed by atoms with E-state index in [0.717, 1.165) is 24.8 Å². The molecule has 0 saturated heterocycles. The summed E-state index contributed by atoms with van der Waals surface area (Å²) in [7, 11) is 0. The van der Waals surface area contributed by atoms with Gasteiger partial charge in [0.1, 0.15) is 5.54 Å². The summed E-state index contributed by atoms with van der Waals surface area (Å²) in [4.78, 5) is 29.3. The Morgan fingerprint density at radius 2 is 1.89 bits per heavy atom. The first-order chi connectivity index (χ1) is 13.1. The number of hydrogen-bond acceptors (Lipinski definition) is 4. The zero-order valence-corrected chi connectivity index (χ0v) is 15.8. The van der Waals surface area contributed by atoms with Crippen LogP contribution in [0.5, 0.6) is 0 Å². The highest BCUT2D eigenvalue weighted by Gasteiger charge is 2.40. The van der Waals surface area contributed by atoms with E-state index >= 15 is 0 Å². The van der Waals surface area contributed by atoms with Crippen LogP contribution in [-0.2, 0) is 16.0 Å². The van der Waals surface area contributed by atoms with Gasteiger partial charge in [-0.1, -0.05) is 49.6 Å². The summed E-state index contributed by atoms with van der Waals surface area (Å²) in [5.41, 5.74) is 0.190. The summed E-state index contributed by atoms with van der Waals surface area (Å²) >= 11 is 0. The van der Waals surface area contributed by atoms with E-state index < -0.39 is 5.54 Å². The van der Waals surface area contributed by atoms with Crippen molar-refractivity contribution in [1.82, 2.24) is 15.6 Å². The predicted octanol–water partition coefficient (Wildman–Crippen LogP) is 3.23. The first-order valence-corrected chi connectivity index (χ1v) is 9.72. The SMILES string of the molecule is CCNC(=O)C1(NC(=O)CCc2ncc(-c3ccccc3)o2)CCCCC1. The lowest BCUT2D eigenvalue weighted by Gasteiger charge is -2.36. The van der Waals surface area contributed by atoms with Gasteiger partial charge in [0.05, 0.1) is 6.20 Å². The smallest absolute Gasteiger partial charge is 0.245 e. The standard InChI is InChI=1S/C21H27N3O3/c1-2-22-20(26)21(13-7-4-8-14-21)24-18(25)11-12-19-23-15-17(27-19)16-9-5-3-6-10-16/h3,5-6,9-10,15H,2,4,7-8,11-14H2,1H3,(H,22,26)(H,24,25). The minimum absolute atomic E-state index is 0.0689. The molecule has 6 nitrogen and oxygen atoms in total. The Morgan fingerprint density at radius 1 is 1.15 bits per heavy atom. The van der Waals surface area contributed by atoms with Gasteiger partial charge in [-0.3, -0.25) is 9.59 Å². The molecule has 27 heavy (non-hydrogen) atoms. The highest BCUT2D eigenvalue weighted by molar-refractivity contribution is 5.91. The molecule has 2 amide bonds. The molecule has 144 valence electrons. The number of amides is 2. The monoisotopic (exact) mass is 369 g/mol. The van der Waals surface area contributed by atoms with Gasteiger partial charge in [0.2, 0.25) is 11.8 Å². The Kier molecular flexibility index (Phi) is 6.27. The van der Waals surface area contributed by atoms with Crippen LogP contribution in [-0.4, -0.2) is 28.9 Å². The van der Waals surface area contributed by atoms with Crippen LogP contribution in [0.2, 0.25) is 0 Å². The van der Waals surface area contributed by atoms with E-state index in [1.165, 1.54) is 0 Å². The van der Waals surface area contributed by atoms with E-state index in [0.29, 0.717) is 37.5 Å². The van der Waals surface area contributed by atoms with Crippen LogP contribution < -0.4 is 10.6 Å². The Labute approximate surface area is 159 Å². The molecule has 2 N–H and O–H groups in total. The van der Waals surface area contributed by atoms with E-state index in [9.17, 15) is 9.59 Å². The van der Waals surface area contributed by atoms with Crippen LogP contribution in [0, 0.1) is 0 Å². The molecule has 1 fully saturated rings. The topological polar surface area (TPSA) is 84.2 Å². The van der Waals surface area contributed by atoms with Gasteiger partial charge in [-0.15, -0.1) is 0 Å². The third-order valence-electron chi connectivity index (χ3n) is 5.04. The van der Waals surface area contributed by atoms with Gasteiger partial charge < -0.3 is 15.1 Å². The fraction of sp³-hybridized carbons (Fsp3) is 0.476. The number of hydrogen-bond donors (Lipinski definition) is 2. The van der Waals surface area contributed by atoms with Crippen LogP contribution in [0.1, 0.15) is 51.3 Å². The average molecular weight is 369 g/mol. The summed E-state index contributed by atoms with van der Waals surface area (Å²) < 4.78 is 5.75. The Bertz CT molecular complexity index is 764. The summed E-state index contributed by atoms with van der Waals surface area (Å²) in [5, 5.41) is 5.88. The number of aryl methyl sites for hydroxylation is 1. The highest BCUT2D eigenvalue weighted by atomic mass is 16.4. The molecular weight excluding hydrogens is 342 g/mol. The lowest BCUT2D eigenvalue weighted by atomic mass is 9.80. The molecule has 1 aliphatic carbocycles. The molecule has 0 spiro atoms. The fourth-order valence-corrected chi connectivity index (χ4v) is 3.61. The maximum Gasteiger partial charge on any atom is 0.245 e. The zero-order valence-electron chi connectivity index (χ0n) is 15.8. The molecule has 1 aromatic heterocycles. The van der Waals surface area contributed by atoms with Crippen LogP contribution in [0.3, 0.4) is 0 Å². The van der Waals surface area contributed by atoms with Gasteiger partial charge >= 0.3 is 0 Å². The van der Waals surface area contributed by atoms with E-state index in [-0.39, 0.29) is 18.2 Å². The Hall–Kier alpha value is -2.63. The molecule has 6 heteroatoms. The number of benzene rings is 1. The van der Waals surface area contributed by atoms with Gasteiger partial charge in [0.25, 0.3) is 0 Å². The van der Waals surface area contributed by atoms with E-state index in [1.807, 2.05) is 37.3 Å². The zero-order chi connectivity index (χ0) is 19.1. The van der Waals surface area contributed by atoms with Gasteiger partial charge in [-0.2, -0.15) is 0 Å². The second-order valence-corrected chi connectivity index (χ2v) is 7.03. The van der Waals surface area contributed by atoms with E-state index in [1.54, 1.807) is 6.20 Å². The predicted molar refractivity (Wildman–Crippen MR) is 103 cm³/mol. The molecule has 0 radical (unpaired) electrons. The maximum absolute atomic E-state index is 12.5. The van der Waals surface area contributed by atoms with Crippen molar-refractivity contribution in [3.63, 3.8) is 0 Å². The molecular formula is C21H27N3O3. The normalized spacial score (nSPS) is 15.9. The van der Waals surface area contributed by atoms with Gasteiger partial charge in [0.15, 0.2) is 11.7 Å². The molecule has 1 heterocycles. The van der Waals surface area contributed by atoms with Crippen LogP contribution in [0.25, 0.3) is 11.3 Å². The van der Waals surface area contributed by atoms with Crippen LogP contribution in [0.15, 0.2) is 40.9 Å². The van der Waals surface area contributed by atoms with E-state index in [4.69, 9.17) is 4.42 Å². The van der Waals surface area contributed by atoms with Crippen molar-refractivity contribution < 1.29 is 14.0 Å². The van der Waals surface area contributed by atoms with Gasteiger partial charge in [-0.05, 0) is 19.8 Å². The molecule has 0 atom stereocenters. The van der Waals surface area contributed by atoms with Gasteiger partial charge in [0, 0.05) is 24.9 Å². The molecule has 1 aliphatic rings. The van der Waals surface area contributed by atoms with Crippen molar-refractivity contribution in [3.05, 3.63) is 42.4 Å². The largest absolute Gasteiger partial charge is 0.441 e. The van der Waals surface area contributed by atoms with Crippen molar-refractivity contribution in [2.75, 3.05) is 6.54 Å². The quantitative estimate of drug-likeness (QED) is 0.785. The van der Waals surface area contributed by atoms with Crippen LogP contribution in [0.4, 0.5) is 0 Å². The lowest BCUT2D eigenvalue weighted by molar-refractivity contribution is -0.135. The number of aromatic nitrogens is 1. The highest BCUT2D eigenvalue weighted by Crippen LogP contribution is 2.29. The number of nitrogens with one attached hydrogen (secondary N) is 2. The number of carbonyl (C=O) groups is 2. The minimum atomic E-state index is -0.767. The van der Waals surface area contributed by atoms with Crippen molar-refractivity contribution in [2.45, 2.75) is 57.4 Å². The van der Waals surface area contributed by atoms with Crippen molar-refractivity contribution in [3.8, 4) is 11.3 Å². The summed E-state index contributed by atoms with van der Waals surface area (Å²) in [6.45, 7) is 2.46. The first kappa shape index (κ1) is 19.1. The molecule has 0 aliphatic heterocycles. The molecule has 1 aromatic carbocycles. The Morgan fingerprint density at radius 3 is 2.59 bits per heavy atom. The van der Waals surface area contributed by atoms with Crippen molar-refractivity contribution >= 4 is 11.8 Å². The molecule has 2 aromatic rings. The molecule has 0 bridgehead atoms. The van der Waals surface area contributed by atoms with Crippen LogP contribution >= 0.6 is 0 Å². The number of nitrogens with zero attached hydrogens (tertiary/aromatic N) is 1. The number of rotatable bonds is 7. The number of likely N-dealkylation sites (N-methyl/N-ethyl adjacent to an activating group) is 1. The molecule has 3 rings (SSSR count). The minimum Gasteiger partial charge on any atom is -0.441 e. The second kappa shape index (κ2) is 8.84. The van der Waals surface area contributed by atoms with Crippen molar-refractivity contribution in [1.29, 1.82) is 0 Å². The average Bonchev–Trinajstić information content (AvgIpc) is 3.17. The lowest BCUT2D eigenvalue weighted by Crippen LogP contribution is -2.59. The summed E-state index contributed by atoms with van der Waals surface area (Å²) in [6, 6.07) is 9.74. The molecule has 1 saturated carbocycles. The summed E-state index contributed by atoms with van der Waals surface area (Å²) in [6.07, 6.45) is 6.74. The van der Waals surface area contributed by atoms with Crippen molar-refractivity contribution in [2.24, 2.45) is 0 Å². The Balaban J connectivity index is 1.58. The van der Waals surface area contributed by atoms with Gasteiger partial charge in [-0.25, -0.2) is 4.98 Å². The number of oxazole rings is 1. The number of carbonyl (C=O) groups excluding carboxylic acids is 2.